The lowest BCUT2D eigenvalue weighted by atomic mass is 10.1. The molecule has 17 heavy (non-hydrogen) atoms. The maximum Gasteiger partial charge on any atom is 0.267 e. The summed E-state index contributed by atoms with van der Waals surface area (Å²) in [7, 11) is 0. The maximum absolute atomic E-state index is 11.7. The second-order valence-corrected chi connectivity index (χ2v) is 4.85. The predicted molar refractivity (Wildman–Crippen MR) is 69.7 cm³/mol. The number of aromatic amines is 1. The number of hydrogen-bond acceptors (Lipinski definition) is 1. The molecule has 0 amide bonds. The van der Waals surface area contributed by atoms with Crippen molar-refractivity contribution in [1.82, 2.24) is 9.78 Å². The van der Waals surface area contributed by atoms with Gasteiger partial charge < -0.3 is 0 Å². The smallest absolute Gasteiger partial charge is 0.267 e. The minimum Gasteiger partial charge on any atom is -0.299 e. The standard InChI is InChI=1S/C13H15ClN2O/c1-9(2)12-7-13(17)16(15-12)8-10-3-5-11(14)6-4-10/h3-7,9,15H,8H2,1-2H3. The largest absolute Gasteiger partial charge is 0.299 e. The zero-order chi connectivity index (χ0) is 12.4. The van der Waals surface area contributed by atoms with Gasteiger partial charge >= 0.3 is 0 Å². The van der Waals surface area contributed by atoms with Crippen molar-refractivity contribution in [1.29, 1.82) is 0 Å². The summed E-state index contributed by atoms with van der Waals surface area (Å²) in [6.45, 7) is 4.65. The number of nitrogens with one attached hydrogen (secondary N) is 1. The third kappa shape index (κ3) is 2.80. The Bertz CT molecular complexity index is 552. The lowest BCUT2D eigenvalue weighted by Gasteiger charge is -2.04. The Morgan fingerprint density at radius 2 is 1.94 bits per heavy atom. The molecule has 0 spiro atoms. The molecule has 0 saturated carbocycles. The molecule has 1 N–H and O–H groups in total. The van der Waals surface area contributed by atoms with Crippen molar-refractivity contribution in [3.63, 3.8) is 0 Å². The van der Waals surface area contributed by atoms with Crippen molar-refractivity contribution >= 4 is 11.6 Å². The Balaban J connectivity index is 2.24. The minimum atomic E-state index is 0.00338. The molecule has 90 valence electrons. The highest BCUT2D eigenvalue weighted by molar-refractivity contribution is 6.30. The molecule has 2 aromatic rings. The molecule has 0 radical (unpaired) electrons. The summed E-state index contributed by atoms with van der Waals surface area (Å²) in [5.41, 5.74) is 2.02. The summed E-state index contributed by atoms with van der Waals surface area (Å²) in [4.78, 5) is 11.7. The number of halogens is 1. The number of rotatable bonds is 3. The molecule has 0 aliphatic carbocycles. The molecule has 0 saturated heterocycles. The number of aromatic nitrogens is 2. The summed E-state index contributed by atoms with van der Waals surface area (Å²) in [5.74, 6) is 0.328. The lowest BCUT2D eigenvalue weighted by molar-refractivity contribution is 0.640. The van der Waals surface area contributed by atoms with Gasteiger partial charge in [0.2, 0.25) is 0 Å². The fourth-order valence-electron chi connectivity index (χ4n) is 1.64. The Hall–Kier alpha value is -1.48. The first kappa shape index (κ1) is 12.0. The normalized spacial score (nSPS) is 11.1. The molecule has 3 nitrogen and oxygen atoms in total. The molecule has 0 atom stereocenters. The van der Waals surface area contributed by atoms with Gasteiger partial charge in [-0.25, -0.2) is 4.68 Å². The van der Waals surface area contributed by atoms with Crippen LogP contribution in [0.1, 0.15) is 31.0 Å². The van der Waals surface area contributed by atoms with Crippen molar-refractivity contribution in [2.45, 2.75) is 26.3 Å². The van der Waals surface area contributed by atoms with Gasteiger partial charge in [0.15, 0.2) is 0 Å². The molecule has 0 fully saturated rings. The van der Waals surface area contributed by atoms with Crippen molar-refractivity contribution < 1.29 is 0 Å². The average molecular weight is 251 g/mol. The summed E-state index contributed by atoms with van der Waals surface area (Å²) >= 11 is 5.82. The predicted octanol–water partition coefficient (Wildman–Crippen LogP) is 3.00. The van der Waals surface area contributed by atoms with E-state index in [1.807, 2.05) is 24.3 Å². The van der Waals surface area contributed by atoms with Gasteiger partial charge in [0.1, 0.15) is 0 Å². The Labute approximate surface area is 105 Å². The van der Waals surface area contributed by atoms with Crippen molar-refractivity contribution in [3.05, 3.63) is 57.0 Å². The first-order valence-electron chi connectivity index (χ1n) is 5.60. The highest BCUT2D eigenvalue weighted by Gasteiger charge is 2.06. The SMILES string of the molecule is CC(C)c1cc(=O)n(Cc2ccc(Cl)cc2)[nH]1. The molecule has 1 aromatic carbocycles. The van der Waals surface area contributed by atoms with Crippen LogP contribution in [0.25, 0.3) is 0 Å². The van der Waals surface area contributed by atoms with E-state index in [0.717, 1.165) is 11.3 Å². The molecular weight excluding hydrogens is 236 g/mol. The molecule has 1 aromatic heterocycles. The minimum absolute atomic E-state index is 0.00338. The van der Waals surface area contributed by atoms with E-state index in [9.17, 15) is 4.79 Å². The number of hydrogen-bond donors (Lipinski definition) is 1. The van der Waals surface area contributed by atoms with Gasteiger partial charge in [0.25, 0.3) is 5.56 Å². The topological polar surface area (TPSA) is 37.8 Å². The zero-order valence-corrected chi connectivity index (χ0v) is 10.7. The third-order valence-electron chi connectivity index (χ3n) is 2.69. The summed E-state index contributed by atoms with van der Waals surface area (Å²) in [6.07, 6.45) is 0. The highest BCUT2D eigenvalue weighted by atomic mass is 35.5. The van der Waals surface area contributed by atoms with Gasteiger partial charge in [-0.15, -0.1) is 0 Å². The van der Waals surface area contributed by atoms with E-state index in [0.29, 0.717) is 17.5 Å². The fraction of sp³-hybridized carbons (Fsp3) is 0.308. The van der Waals surface area contributed by atoms with Crippen LogP contribution in [0.2, 0.25) is 5.02 Å². The highest BCUT2D eigenvalue weighted by Crippen LogP contribution is 2.11. The van der Waals surface area contributed by atoms with E-state index in [2.05, 4.69) is 18.9 Å². The van der Waals surface area contributed by atoms with Crippen molar-refractivity contribution in [2.24, 2.45) is 0 Å². The van der Waals surface area contributed by atoms with Crippen LogP contribution in [0, 0.1) is 0 Å². The molecule has 0 aliphatic heterocycles. The third-order valence-corrected chi connectivity index (χ3v) is 2.94. The zero-order valence-electron chi connectivity index (χ0n) is 9.90. The van der Waals surface area contributed by atoms with Crippen LogP contribution >= 0.6 is 11.6 Å². The van der Waals surface area contributed by atoms with Crippen LogP contribution in [0.5, 0.6) is 0 Å². The second-order valence-electron chi connectivity index (χ2n) is 4.42. The van der Waals surface area contributed by atoms with Gasteiger partial charge in [-0.1, -0.05) is 37.6 Å². The number of H-pyrrole nitrogens is 1. The van der Waals surface area contributed by atoms with Gasteiger partial charge in [-0.05, 0) is 23.6 Å². The van der Waals surface area contributed by atoms with Gasteiger partial charge in [-0.2, -0.15) is 0 Å². The van der Waals surface area contributed by atoms with Crippen LogP contribution in [-0.2, 0) is 6.54 Å². The first-order chi connectivity index (χ1) is 8.06. The molecule has 0 bridgehead atoms. The molecule has 0 aliphatic rings. The van der Waals surface area contributed by atoms with E-state index in [1.165, 1.54) is 0 Å². The van der Waals surface area contributed by atoms with Gasteiger partial charge in [0, 0.05) is 16.8 Å². The molecule has 2 rings (SSSR count). The monoisotopic (exact) mass is 250 g/mol. The Morgan fingerprint density at radius 3 is 2.47 bits per heavy atom. The van der Waals surface area contributed by atoms with Crippen LogP contribution in [0.4, 0.5) is 0 Å². The molecule has 4 heteroatoms. The second kappa shape index (κ2) is 4.80. The van der Waals surface area contributed by atoms with E-state index in [-0.39, 0.29) is 5.56 Å². The van der Waals surface area contributed by atoms with Crippen LogP contribution in [0.15, 0.2) is 35.1 Å². The average Bonchev–Trinajstić information content (AvgIpc) is 2.64. The number of benzene rings is 1. The quantitative estimate of drug-likeness (QED) is 0.894. The number of nitrogens with zero attached hydrogens (tertiary/aromatic N) is 1. The van der Waals surface area contributed by atoms with Gasteiger partial charge in [0.05, 0.1) is 6.54 Å². The Kier molecular flexibility index (Phi) is 3.38. The Morgan fingerprint density at radius 1 is 1.29 bits per heavy atom. The van der Waals surface area contributed by atoms with E-state index in [1.54, 1.807) is 10.7 Å². The summed E-state index contributed by atoms with van der Waals surface area (Å²) in [6, 6.07) is 9.15. The summed E-state index contributed by atoms with van der Waals surface area (Å²) < 4.78 is 1.61. The van der Waals surface area contributed by atoms with E-state index < -0.39 is 0 Å². The molecule has 0 unspecified atom stereocenters. The van der Waals surface area contributed by atoms with Crippen LogP contribution in [-0.4, -0.2) is 9.78 Å². The molecule has 1 heterocycles. The van der Waals surface area contributed by atoms with E-state index in [4.69, 9.17) is 11.6 Å². The van der Waals surface area contributed by atoms with Crippen molar-refractivity contribution in [2.75, 3.05) is 0 Å². The lowest BCUT2D eigenvalue weighted by Crippen LogP contribution is -2.16. The summed E-state index contributed by atoms with van der Waals surface area (Å²) in [5, 5.41) is 3.82. The molecular formula is C13H15ClN2O. The van der Waals surface area contributed by atoms with Crippen LogP contribution < -0.4 is 5.56 Å². The van der Waals surface area contributed by atoms with Crippen molar-refractivity contribution in [3.8, 4) is 0 Å². The van der Waals surface area contributed by atoms with E-state index >= 15 is 0 Å². The fourth-order valence-corrected chi connectivity index (χ4v) is 1.77. The van der Waals surface area contributed by atoms with Gasteiger partial charge in [-0.3, -0.25) is 9.89 Å². The first-order valence-corrected chi connectivity index (χ1v) is 5.98. The maximum atomic E-state index is 11.7. The van der Waals surface area contributed by atoms with Crippen LogP contribution in [0.3, 0.4) is 0 Å².